The van der Waals surface area contributed by atoms with Gasteiger partial charge < -0.3 is 21.1 Å². The van der Waals surface area contributed by atoms with Gasteiger partial charge in [-0.15, -0.1) is 5.10 Å². The number of rotatable bonds is 7. The van der Waals surface area contributed by atoms with Crippen LogP contribution in [0.1, 0.15) is 22.8 Å². The van der Waals surface area contributed by atoms with Crippen LogP contribution in [-0.4, -0.2) is 48.2 Å². The zero-order valence-electron chi connectivity index (χ0n) is 21.1. The molecule has 2 amide bonds. The summed E-state index contributed by atoms with van der Waals surface area (Å²) >= 11 is 18.8. The van der Waals surface area contributed by atoms with Gasteiger partial charge in [-0.2, -0.15) is 5.01 Å². The van der Waals surface area contributed by atoms with Crippen molar-refractivity contribution in [3.63, 3.8) is 0 Å². The molecule has 3 aromatic rings. The fourth-order valence-corrected chi connectivity index (χ4v) is 4.98. The van der Waals surface area contributed by atoms with Gasteiger partial charge in [-0.3, -0.25) is 9.59 Å². The summed E-state index contributed by atoms with van der Waals surface area (Å²) in [5, 5.41) is 17.8. The molecule has 0 spiro atoms. The first-order chi connectivity index (χ1) is 18.6. The van der Waals surface area contributed by atoms with Crippen molar-refractivity contribution in [1.29, 1.82) is 0 Å². The number of likely N-dealkylation sites (N-methyl/N-ethyl adjacent to an activating group) is 1. The van der Waals surface area contributed by atoms with Crippen molar-refractivity contribution in [2.75, 3.05) is 35.3 Å². The first-order valence-corrected chi connectivity index (χ1v) is 13.1. The number of aliphatic hydroxyl groups is 1. The highest BCUT2D eigenvalue weighted by molar-refractivity contribution is 6.72. The number of amidine groups is 1. The Kier molecular flexibility index (Phi) is 8.76. The van der Waals surface area contributed by atoms with Crippen molar-refractivity contribution in [2.45, 2.75) is 13.8 Å². The molecule has 4 N–H and O–H groups in total. The standard InChI is InChI=1S/C27H25Cl3N6O3/c1-3-35(9-10-37)19-7-8-22(15(2)11-19)32-23-25(33-26(38)16-5-4-6-18(31)12-16)34-36(27(23)39)24-20(29)13-17(28)14-21(24)30/h4-8,11-14,37H,3,9-10,31H2,1-2H3,(H,33,34,38)/b32-23-. The lowest BCUT2D eigenvalue weighted by atomic mass is 10.1. The van der Waals surface area contributed by atoms with E-state index >= 15 is 0 Å². The van der Waals surface area contributed by atoms with E-state index in [-0.39, 0.29) is 44.5 Å². The van der Waals surface area contributed by atoms with E-state index in [0.717, 1.165) is 16.3 Å². The van der Waals surface area contributed by atoms with E-state index in [4.69, 9.17) is 40.5 Å². The molecule has 1 heterocycles. The highest BCUT2D eigenvalue weighted by Gasteiger charge is 2.36. The Labute approximate surface area is 240 Å². The van der Waals surface area contributed by atoms with E-state index in [2.05, 4.69) is 15.4 Å². The highest BCUT2D eigenvalue weighted by Crippen LogP contribution is 2.38. The van der Waals surface area contributed by atoms with Crippen LogP contribution in [0.25, 0.3) is 0 Å². The number of anilines is 3. The number of nitrogens with zero attached hydrogens (tertiary/aromatic N) is 4. The number of amides is 2. The largest absolute Gasteiger partial charge is 0.399 e. The van der Waals surface area contributed by atoms with Gasteiger partial charge in [0, 0.05) is 35.1 Å². The molecule has 0 aromatic heterocycles. The third-order valence-corrected chi connectivity index (χ3v) is 6.72. The molecule has 0 atom stereocenters. The number of aliphatic imine (C=N–C) groups is 1. The zero-order chi connectivity index (χ0) is 28.3. The number of nitrogen functional groups attached to an aromatic ring is 1. The maximum Gasteiger partial charge on any atom is 0.301 e. The Bertz CT molecular complexity index is 1480. The topological polar surface area (TPSA) is 124 Å². The molecule has 0 saturated heterocycles. The molecule has 4 rings (SSSR count). The molecule has 0 unspecified atom stereocenters. The van der Waals surface area contributed by atoms with Crippen molar-refractivity contribution in [1.82, 2.24) is 5.32 Å². The van der Waals surface area contributed by atoms with Crippen molar-refractivity contribution >= 4 is 80.9 Å². The third-order valence-electron chi connectivity index (χ3n) is 5.92. The number of hydrogen-bond acceptors (Lipinski definition) is 7. The first-order valence-electron chi connectivity index (χ1n) is 11.9. The van der Waals surface area contributed by atoms with E-state index in [1.165, 1.54) is 18.2 Å². The summed E-state index contributed by atoms with van der Waals surface area (Å²) in [5.74, 6) is -1.28. The molecular formula is C27H25Cl3N6O3. The number of carbonyl (C=O) groups is 2. The number of hydrogen-bond donors (Lipinski definition) is 3. The normalized spacial score (nSPS) is 14.1. The Hall–Kier alpha value is -3.63. The zero-order valence-corrected chi connectivity index (χ0v) is 23.3. The lowest BCUT2D eigenvalue weighted by molar-refractivity contribution is -0.112. The van der Waals surface area contributed by atoms with Gasteiger partial charge in [-0.05, 0) is 67.9 Å². The van der Waals surface area contributed by atoms with E-state index in [1.54, 1.807) is 24.3 Å². The van der Waals surface area contributed by atoms with Crippen molar-refractivity contribution in [2.24, 2.45) is 10.1 Å². The molecule has 0 bridgehead atoms. The summed E-state index contributed by atoms with van der Waals surface area (Å²) in [7, 11) is 0. The van der Waals surface area contributed by atoms with Crippen molar-refractivity contribution in [3.8, 4) is 0 Å². The number of nitrogens with one attached hydrogen (secondary N) is 1. The minimum atomic E-state index is -0.650. The molecule has 0 fully saturated rings. The maximum atomic E-state index is 13.6. The van der Waals surface area contributed by atoms with Gasteiger partial charge in [-0.25, -0.2) is 4.99 Å². The molecule has 39 heavy (non-hydrogen) atoms. The molecule has 9 nitrogen and oxygen atoms in total. The Morgan fingerprint density at radius 1 is 1.13 bits per heavy atom. The predicted molar refractivity (Wildman–Crippen MR) is 158 cm³/mol. The average Bonchev–Trinajstić information content (AvgIpc) is 3.17. The molecule has 1 aliphatic heterocycles. The fraction of sp³-hybridized carbons (Fsp3) is 0.185. The Morgan fingerprint density at radius 3 is 2.46 bits per heavy atom. The predicted octanol–water partition coefficient (Wildman–Crippen LogP) is 5.22. The number of carbonyl (C=O) groups excluding carboxylic acids is 2. The van der Waals surface area contributed by atoms with Gasteiger partial charge in [0.05, 0.1) is 22.3 Å². The molecule has 1 aliphatic rings. The molecule has 202 valence electrons. The highest BCUT2D eigenvalue weighted by atomic mass is 35.5. The summed E-state index contributed by atoms with van der Waals surface area (Å²) in [6.07, 6.45) is 0. The number of benzene rings is 3. The van der Waals surface area contributed by atoms with Crippen LogP contribution >= 0.6 is 34.8 Å². The lowest BCUT2D eigenvalue weighted by Crippen LogP contribution is -2.37. The van der Waals surface area contributed by atoms with Gasteiger partial charge in [0.2, 0.25) is 0 Å². The second-order valence-electron chi connectivity index (χ2n) is 8.60. The number of aliphatic hydroxyl groups excluding tert-OH is 1. The summed E-state index contributed by atoms with van der Waals surface area (Å²) < 4.78 is 0. The summed E-state index contributed by atoms with van der Waals surface area (Å²) in [5.41, 5.74) is 8.64. The summed E-state index contributed by atoms with van der Waals surface area (Å²) in [6.45, 7) is 5.04. The molecular weight excluding hydrogens is 563 g/mol. The second kappa shape index (κ2) is 12.0. The van der Waals surface area contributed by atoms with Crippen LogP contribution in [0.4, 0.5) is 22.7 Å². The molecule has 12 heteroatoms. The SMILES string of the molecule is CCN(CCO)c1ccc(/N=C2\C(=O)N(c3c(Cl)cc(Cl)cc3Cl)N=C2NC(=O)c2cccc(N)c2)c(C)c1. The minimum absolute atomic E-state index is 0.0175. The van der Waals surface area contributed by atoms with Gasteiger partial charge >= 0.3 is 5.91 Å². The monoisotopic (exact) mass is 586 g/mol. The summed E-state index contributed by atoms with van der Waals surface area (Å²) in [6, 6.07) is 14.8. The summed E-state index contributed by atoms with van der Waals surface area (Å²) in [4.78, 5) is 33.2. The fourth-order valence-electron chi connectivity index (χ4n) is 4.00. The molecule has 3 aromatic carbocycles. The Balaban J connectivity index is 1.77. The van der Waals surface area contributed by atoms with Gasteiger partial charge in [-0.1, -0.05) is 40.9 Å². The van der Waals surface area contributed by atoms with Gasteiger partial charge in [0.25, 0.3) is 5.91 Å². The van der Waals surface area contributed by atoms with E-state index in [1.807, 2.05) is 30.9 Å². The molecule has 0 saturated carbocycles. The average molecular weight is 588 g/mol. The van der Waals surface area contributed by atoms with Crippen LogP contribution in [0.15, 0.2) is 64.7 Å². The quantitative estimate of drug-likeness (QED) is 0.327. The number of halogens is 3. The van der Waals surface area contributed by atoms with E-state index in [9.17, 15) is 14.7 Å². The van der Waals surface area contributed by atoms with Gasteiger partial charge in [0.15, 0.2) is 11.5 Å². The van der Waals surface area contributed by atoms with Gasteiger partial charge in [0.1, 0.15) is 5.69 Å². The van der Waals surface area contributed by atoms with Crippen LogP contribution in [0, 0.1) is 6.92 Å². The van der Waals surface area contributed by atoms with Crippen molar-refractivity contribution < 1.29 is 14.7 Å². The minimum Gasteiger partial charge on any atom is -0.399 e. The van der Waals surface area contributed by atoms with E-state index < -0.39 is 11.8 Å². The lowest BCUT2D eigenvalue weighted by Gasteiger charge is -2.22. The maximum absolute atomic E-state index is 13.6. The number of aryl methyl sites for hydroxylation is 1. The molecule has 0 radical (unpaired) electrons. The third kappa shape index (κ3) is 6.17. The number of nitrogens with two attached hydrogens (primary N) is 1. The number of hydrazone groups is 1. The Morgan fingerprint density at radius 2 is 1.85 bits per heavy atom. The van der Waals surface area contributed by atoms with Crippen LogP contribution in [0.5, 0.6) is 0 Å². The smallest absolute Gasteiger partial charge is 0.301 e. The first kappa shape index (κ1) is 28.4. The van der Waals surface area contributed by atoms with Crippen LogP contribution in [0.3, 0.4) is 0 Å². The van der Waals surface area contributed by atoms with Crippen molar-refractivity contribution in [3.05, 3.63) is 80.8 Å². The van der Waals surface area contributed by atoms with Crippen LogP contribution in [-0.2, 0) is 4.79 Å². The van der Waals surface area contributed by atoms with E-state index in [0.29, 0.717) is 24.5 Å². The second-order valence-corrected chi connectivity index (χ2v) is 9.85. The van der Waals surface area contributed by atoms with Crippen LogP contribution < -0.4 is 21.0 Å². The van der Waals surface area contributed by atoms with Crippen LogP contribution in [0.2, 0.25) is 15.1 Å². The molecule has 0 aliphatic carbocycles.